The molecular formula is C12H13NOS2. The molecule has 1 spiro atoms. The third-order valence-corrected chi connectivity index (χ3v) is 6.59. The maximum absolute atomic E-state index is 12.2. The van der Waals surface area contributed by atoms with Gasteiger partial charge in [0.15, 0.2) is 0 Å². The molecule has 2 aliphatic rings. The standard InChI is InChI=1S/C12H13NOS2/c1-13-11(14)9-5-2-3-6-10(9)12(13)7-4-8-15-16-12/h2-3,5-6H,4,7-8H2,1H3. The first-order valence-electron chi connectivity index (χ1n) is 5.44. The fourth-order valence-electron chi connectivity index (χ4n) is 2.49. The quantitative estimate of drug-likeness (QED) is 0.661. The maximum Gasteiger partial charge on any atom is 0.255 e. The zero-order chi connectivity index (χ0) is 11.2. The van der Waals surface area contributed by atoms with Crippen molar-refractivity contribution in [2.75, 3.05) is 12.8 Å². The lowest BCUT2D eigenvalue weighted by Crippen LogP contribution is -2.38. The van der Waals surface area contributed by atoms with Gasteiger partial charge in [-0.1, -0.05) is 39.8 Å². The highest BCUT2D eigenvalue weighted by molar-refractivity contribution is 8.77. The third-order valence-electron chi connectivity index (χ3n) is 3.36. The van der Waals surface area contributed by atoms with E-state index in [1.807, 2.05) is 51.7 Å². The van der Waals surface area contributed by atoms with Gasteiger partial charge in [0, 0.05) is 23.9 Å². The second kappa shape index (κ2) is 3.70. The van der Waals surface area contributed by atoms with E-state index in [0.29, 0.717) is 0 Å². The van der Waals surface area contributed by atoms with E-state index in [-0.39, 0.29) is 10.8 Å². The number of carbonyl (C=O) groups excluding carboxylic acids is 1. The summed E-state index contributed by atoms with van der Waals surface area (Å²) >= 11 is 0. The molecule has 84 valence electrons. The minimum absolute atomic E-state index is 0.101. The lowest BCUT2D eigenvalue weighted by Gasteiger charge is -2.38. The average molecular weight is 251 g/mol. The van der Waals surface area contributed by atoms with Crippen LogP contribution in [0.1, 0.15) is 28.8 Å². The predicted octanol–water partition coefficient (Wildman–Crippen LogP) is 3.10. The highest BCUT2D eigenvalue weighted by Crippen LogP contribution is 2.56. The topological polar surface area (TPSA) is 20.3 Å². The van der Waals surface area contributed by atoms with Crippen molar-refractivity contribution in [2.45, 2.75) is 17.7 Å². The van der Waals surface area contributed by atoms with Gasteiger partial charge in [-0.3, -0.25) is 4.79 Å². The van der Waals surface area contributed by atoms with Gasteiger partial charge in [0.2, 0.25) is 0 Å². The number of carbonyl (C=O) groups is 1. The monoisotopic (exact) mass is 251 g/mol. The first kappa shape index (κ1) is 10.5. The number of amides is 1. The fraction of sp³-hybridized carbons (Fsp3) is 0.417. The maximum atomic E-state index is 12.2. The predicted molar refractivity (Wildman–Crippen MR) is 69.5 cm³/mol. The van der Waals surface area contributed by atoms with E-state index in [1.54, 1.807) is 0 Å². The van der Waals surface area contributed by atoms with E-state index in [0.717, 1.165) is 12.0 Å². The molecule has 1 saturated heterocycles. The van der Waals surface area contributed by atoms with Crippen molar-refractivity contribution in [3.8, 4) is 0 Å². The summed E-state index contributed by atoms with van der Waals surface area (Å²) in [5.41, 5.74) is 2.10. The minimum Gasteiger partial charge on any atom is -0.322 e. The van der Waals surface area contributed by atoms with Crippen LogP contribution in [0.15, 0.2) is 24.3 Å². The van der Waals surface area contributed by atoms with E-state index in [4.69, 9.17) is 0 Å². The van der Waals surface area contributed by atoms with Crippen LogP contribution in [-0.2, 0) is 4.87 Å². The number of nitrogens with zero attached hydrogens (tertiary/aromatic N) is 1. The molecule has 1 unspecified atom stereocenters. The van der Waals surface area contributed by atoms with Gasteiger partial charge in [-0.25, -0.2) is 0 Å². The summed E-state index contributed by atoms with van der Waals surface area (Å²) in [5.74, 6) is 1.36. The lowest BCUT2D eigenvalue weighted by atomic mass is 10.0. The molecule has 2 aliphatic heterocycles. The Morgan fingerprint density at radius 1 is 1.38 bits per heavy atom. The second-order valence-electron chi connectivity index (χ2n) is 4.20. The Morgan fingerprint density at radius 3 is 2.94 bits per heavy atom. The van der Waals surface area contributed by atoms with Crippen LogP contribution in [0.5, 0.6) is 0 Å². The third kappa shape index (κ3) is 1.26. The van der Waals surface area contributed by atoms with Crippen molar-refractivity contribution in [2.24, 2.45) is 0 Å². The largest absolute Gasteiger partial charge is 0.322 e. The molecule has 2 heterocycles. The smallest absolute Gasteiger partial charge is 0.255 e. The molecule has 0 aliphatic carbocycles. The molecular weight excluding hydrogens is 238 g/mol. The molecule has 4 heteroatoms. The summed E-state index contributed by atoms with van der Waals surface area (Å²) < 4.78 is 0. The molecule has 0 aromatic heterocycles. The van der Waals surface area contributed by atoms with E-state index < -0.39 is 0 Å². The Morgan fingerprint density at radius 2 is 2.19 bits per heavy atom. The van der Waals surface area contributed by atoms with Crippen LogP contribution in [-0.4, -0.2) is 23.6 Å². The molecule has 16 heavy (non-hydrogen) atoms. The highest BCUT2D eigenvalue weighted by Gasteiger charge is 2.49. The van der Waals surface area contributed by atoms with E-state index >= 15 is 0 Å². The molecule has 1 atom stereocenters. The van der Waals surface area contributed by atoms with Crippen molar-refractivity contribution in [3.05, 3.63) is 35.4 Å². The summed E-state index contributed by atoms with van der Waals surface area (Å²) in [7, 11) is 5.66. The summed E-state index contributed by atoms with van der Waals surface area (Å²) in [5, 5.41) is 0. The number of rotatable bonds is 0. The second-order valence-corrected chi connectivity index (χ2v) is 6.90. The summed E-state index contributed by atoms with van der Waals surface area (Å²) in [6.07, 6.45) is 2.26. The van der Waals surface area contributed by atoms with Crippen molar-refractivity contribution in [1.82, 2.24) is 4.90 Å². The fourth-order valence-corrected chi connectivity index (χ4v) is 5.76. The van der Waals surface area contributed by atoms with Crippen LogP contribution in [0, 0.1) is 0 Å². The SMILES string of the molecule is CN1C(=O)c2ccccc2C12CCCSS2. The van der Waals surface area contributed by atoms with E-state index in [1.165, 1.54) is 17.7 Å². The van der Waals surface area contributed by atoms with Gasteiger partial charge >= 0.3 is 0 Å². The lowest BCUT2D eigenvalue weighted by molar-refractivity contribution is 0.0739. The van der Waals surface area contributed by atoms with Gasteiger partial charge < -0.3 is 4.90 Å². The zero-order valence-electron chi connectivity index (χ0n) is 9.10. The number of hydrogen-bond donors (Lipinski definition) is 0. The number of fused-ring (bicyclic) bond motifs is 2. The zero-order valence-corrected chi connectivity index (χ0v) is 10.7. The summed E-state index contributed by atoms with van der Waals surface area (Å²) in [6, 6.07) is 8.04. The first-order chi connectivity index (χ1) is 7.76. The molecule has 0 N–H and O–H groups in total. The van der Waals surface area contributed by atoms with E-state index in [2.05, 4.69) is 6.07 Å². The van der Waals surface area contributed by atoms with Crippen LogP contribution in [0.4, 0.5) is 0 Å². The van der Waals surface area contributed by atoms with Crippen LogP contribution in [0.25, 0.3) is 0 Å². The van der Waals surface area contributed by atoms with Crippen molar-refractivity contribution < 1.29 is 4.79 Å². The summed E-state index contributed by atoms with van der Waals surface area (Å²) in [6.45, 7) is 0. The Kier molecular flexibility index (Phi) is 2.44. The Bertz CT molecular complexity index is 440. The molecule has 0 radical (unpaired) electrons. The molecule has 2 nitrogen and oxygen atoms in total. The molecule has 1 fully saturated rings. The Labute approximate surface area is 103 Å². The van der Waals surface area contributed by atoms with Crippen LogP contribution < -0.4 is 0 Å². The Hall–Kier alpha value is -0.610. The van der Waals surface area contributed by atoms with Gasteiger partial charge in [-0.15, -0.1) is 0 Å². The van der Waals surface area contributed by atoms with Gasteiger partial charge in [0.1, 0.15) is 4.87 Å². The van der Waals surface area contributed by atoms with E-state index in [9.17, 15) is 4.79 Å². The molecule has 0 saturated carbocycles. The molecule has 1 aromatic rings. The van der Waals surface area contributed by atoms with Crippen LogP contribution >= 0.6 is 21.6 Å². The number of hydrogen-bond acceptors (Lipinski definition) is 3. The first-order valence-corrected chi connectivity index (χ1v) is 7.76. The molecule has 0 bridgehead atoms. The van der Waals surface area contributed by atoms with Crippen molar-refractivity contribution in [3.63, 3.8) is 0 Å². The minimum atomic E-state index is -0.101. The molecule has 1 amide bonds. The van der Waals surface area contributed by atoms with Gasteiger partial charge in [-0.2, -0.15) is 0 Å². The summed E-state index contributed by atoms with van der Waals surface area (Å²) in [4.78, 5) is 14.0. The average Bonchev–Trinajstić information content (AvgIpc) is 2.55. The highest BCUT2D eigenvalue weighted by atomic mass is 33.1. The Balaban J connectivity index is 2.15. The van der Waals surface area contributed by atoms with Gasteiger partial charge in [0.25, 0.3) is 5.91 Å². The van der Waals surface area contributed by atoms with Crippen molar-refractivity contribution in [1.29, 1.82) is 0 Å². The van der Waals surface area contributed by atoms with Gasteiger partial charge in [0.05, 0.1) is 0 Å². The van der Waals surface area contributed by atoms with Crippen LogP contribution in [0.3, 0.4) is 0 Å². The van der Waals surface area contributed by atoms with Gasteiger partial charge in [-0.05, 0) is 18.9 Å². The number of benzene rings is 1. The molecule has 1 aromatic carbocycles. The van der Waals surface area contributed by atoms with Crippen molar-refractivity contribution >= 4 is 27.5 Å². The normalized spacial score (nSPS) is 28.6. The molecule has 3 rings (SSSR count). The van der Waals surface area contributed by atoms with Crippen LogP contribution in [0.2, 0.25) is 0 Å².